The Morgan fingerprint density at radius 2 is 1.65 bits per heavy atom. The molecule has 1 aliphatic carbocycles. The zero-order chi connectivity index (χ0) is 12.5. The summed E-state index contributed by atoms with van der Waals surface area (Å²) in [6.07, 6.45) is 2.92. The molecule has 2 atom stereocenters. The van der Waals surface area contributed by atoms with Gasteiger partial charge in [-0.05, 0) is 49.1 Å². The predicted molar refractivity (Wildman–Crippen MR) is 74.1 cm³/mol. The molecule has 0 spiro atoms. The second-order valence-electron chi connectivity index (χ2n) is 7.08. The van der Waals surface area contributed by atoms with E-state index in [4.69, 9.17) is 0 Å². The maximum atomic E-state index is 3.58. The predicted octanol–water partition coefficient (Wildman–Crippen LogP) is 2.60. The van der Waals surface area contributed by atoms with E-state index in [9.17, 15) is 0 Å². The summed E-state index contributed by atoms with van der Waals surface area (Å²) in [5.41, 5.74) is 0.673. The van der Waals surface area contributed by atoms with Crippen molar-refractivity contribution < 1.29 is 0 Å². The van der Waals surface area contributed by atoms with E-state index >= 15 is 0 Å². The van der Waals surface area contributed by atoms with Gasteiger partial charge in [0.15, 0.2) is 0 Å². The highest BCUT2D eigenvalue weighted by molar-refractivity contribution is 4.98. The Morgan fingerprint density at radius 3 is 2.06 bits per heavy atom. The molecule has 1 aliphatic heterocycles. The third-order valence-electron chi connectivity index (χ3n) is 4.78. The van der Waals surface area contributed by atoms with Crippen LogP contribution in [-0.2, 0) is 0 Å². The molecule has 0 amide bonds. The Labute approximate surface area is 107 Å². The van der Waals surface area contributed by atoms with Gasteiger partial charge in [0.05, 0.1) is 0 Å². The zero-order valence-corrected chi connectivity index (χ0v) is 12.1. The second kappa shape index (κ2) is 5.27. The van der Waals surface area contributed by atoms with E-state index in [1.54, 1.807) is 0 Å². The molecule has 2 heteroatoms. The van der Waals surface area contributed by atoms with Crippen molar-refractivity contribution in [2.45, 2.75) is 40.5 Å². The van der Waals surface area contributed by atoms with Crippen molar-refractivity contribution in [2.75, 3.05) is 32.7 Å². The first-order chi connectivity index (χ1) is 8.02. The summed E-state index contributed by atoms with van der Waals surface area (Å²) in [6, 6.07) is 0. The van der Waals surface area contributed by atoms with Crippen molar-refractivity contribution in [3.63, 3.8) is 0 Å². The number of hydrogen-bond donors (Lipinski definition) is 1. The van der Waals surface area contributed by atoms with Gasteiger partial charge in [-0.2, -0.15) is 0 Å². The SMILES string of the molecule is CC1CNCC(C)CN(CC2(C(C)C)CC2)C1. The van der Waals surface area contributed by atoms with Gasteiger partial charge in [-0.1, -0.05) is 27.7 Å². The summed E-state index contributed by atoms with van der Waals surface area (Å²) in [6.45, 7) is 15.9. The molecule has 2 unspecified atom stereocenters. The largest absolute Gasteiger partial charge is 0.316 e. The molecule has 0 aromatic carbocycles. The molecule has 1 saturated heterocycles. The van der Waals surface area contributed by atoms with Crippen LogP contribution in [-0.4, -0.2) is 37.6 Å². The van der Waals surface area contributed by atoms with Crippen LogP contribution in [0.25, 0.3) is 0 Å². The smallest absolute Gasteiger partial charge is 0.00407 e. The van der Waals surface area contributed by atoms with E-state index in [2.05, 4.69) is 37.9 Å². The summed E-state index contributed by atoms with van der Waals surface area (Å²) in [5.74, 6) is 2.45. The molecule has 0 bridgehead atoms. The average molecular weight is 238 g/mol. The normalized spacial score (nSPS) is 34.4. The van der Waals surface area contributed by atoms with Crippen molar-refractivity contribution >= 4 is 0 Å². The van der Waals surface area contributed by atoms with Crippen LogP contribution < -0.4 is 5.32 Å². The number of nitrogens with zero attached hydrogens (tertiary/aromatic N) is 1. The number of hydrogen-bond acceptors (Lipinski definition) is 2. The first kappa shape index (κ1) is 13.4. The lowest BCUT2D eigenvalue weighted by Crippen LogP contribution is -2.45. The van der Waals surface area contributed by atoms with Gasteiger partial charge in [0, 0.05) is 19.6 Å². The van der Waals surface area contributed by atoms with E-state index in [1.165, 1.54) is 45.6 Å². The standard InChI is InChI=1S/C15H30N2/c1-12(2)15(5-6-15)11-17-9-13(3)7-16-8-14(4)10-17/h12-14,16H,5-11H2,1-4H3. The van der Waals surface area contributed by atoms with Crippen LogP contribution in [0.1, 0.15) is 40.5 Å². The van der Waals surface area contributed by atoms with Crippen LogP contribution in [0.5, 0.6) is 0 Å². The molecule has 1 N–H and O–H groups in total. The molecular weight excluding hydrogens is 208 g/mol. The van der Waals surface area contributed by atoms with Gasteiger partial charge in [0.1, 0.15) is 0 Å². The van der Waals surface area contributed by atoms with Gasteiger partial charge in [0.25, 0.3) is 0 Å². The summed E-state index contributed by atoms with van der Waals surface area (Å²) in [4.78, 5) is 2.75. The Morgan fingerprint density at radius 1 is 1.12 bits per heavy atom. The van der Waals surface area contributed by atoms with Gasteiger partial charge >= 0.3 is 0 Å². The van der Waals surface area contributed by atoms with Crippen LogP contribution in [0.15, 0.2) is 0 Å². The monoisotopic (exact) mass is 238 g/mol. The Hall–Kier alpha value is -0.0800. The molecular formula is C15H30N2. The maximum Gasteiger partial charge on any atom is 0.00407 e. The highest BCUT2D eigenvalue weighted by atomic mass is 15.2. The van der Waals surface area contributed by atoms with Crippen molar-refractivity contribution in [3.05, 3.63) is 0 Å². The van der Waals surface area contributed by atoms with Gasteiger partial charge in [-0.15, -0.1) is 0 Å². The minimum absolute atomic E-state index is 0.673. The summed E-state index contributed by atoms with van der Waals surface area (Å²) in [7, 11) is 0. The molecule has 0 aromatic rings. The molecule has 1 heterocycles. The minimum Gasteiger partial charge on any atom is -0.316 e. The van der Waals surface area contributed by atoms with Crippen LogP contribution in [0.4, 0.5) is 0 Å². The third kappa shape index (κ3) is 3.45. The number of nitrogens with one attached hydrogen (secondary N) is 1. The van der Waals surface area contributed by atoms with Crippen LogP contribution in [0, 0.1) is 23.2 Å². The van der Waals surface area contributed by atoms with Crippen LogP contribution in [0.2, 0.25) is 0 Å². The fourth-order valence-electron chi connectivity index (χ4n) is 3.31. The third-order valence-corrected chi connectivity index (χ3v) is 4.78. The lowest BCUT2D eigenvalue weighted by atomic mass is 9.91. The fourth-order valence-corrected chi connectivity index (χ4v) is 3.31. The van der Waals surface area contributed by atoms with Crippen molar-refractivity contribution in [1.82, 2.24) is 10.2 Å². The molecule has 100 valence electrons. The Bertz CT molecular complexity index is 233. The average Bonchev–Trinajstić information content (AvgIpc) is 2.96. The minimum atomic E-state index is 0.673. The summed E-state index contributed by atoms with van der Waals surface area (Å²) in [5, 5.41) is 3.58. The highest BCUT2D eigenvalue weighted by Gasteiger charge is 2.46. The molecule has 2 fully saturated rings. The van der Waals surface area contributed by atoms with Crippen molar-refractivity contribution in [2.24, 2.45) is 23.2 Å². The van der Waals surface area contributed by atoms with E-state index in [0.717, 1.165) is 17.8 Å². The summed E-state index contributed by atoms with van der Waals surface area (Å²) < 4.78 is 0. The fraction of sp³-hybridized carbons (Fsp3) is 1.00. The summed E-state index contributed by atoms with van der Waals surface area (Å²) >= 11 is 0. The highest BCUT2D eigenvalue weighted by Crippen LogP contribution is 2.52. The van der Waals surface area contributed by atoms with Gasteiger partial charge < -0.3 is 10.2 Å². The molecule has 2 rings (SSSR count). The van der Waals surface area contributed by atoms with E-state index < -0.39 is 0 Å². The topological polar surface area (TPSA) is 15.3 Å². The number of rotatable bonds is 3. The molecule has 2 aliphatic rings. The van der Waals surface area contributed by atoms with Crippen molar-refractivity contribution in [1.29, 1.82) is 0 Å². The molecule has 0 aromatic heterocycles. The second-order valence-corrected chi connectivity index (χ2v) is 7.08. The first-order valence-electron chi connectivity index (χ1n) is 7.45. The van der Waals surface area contributed by atoms with E-state index in [1.807, 2.05) is 0 Å². The Balaban J connectivity index is 1.92. The molecule has 1 saturated carbocycles. The Kier molecular flexibility index (Phi) is 4.14. The van der Waals surface area contributed by atoms with Gasteiger partial charge in [-0.3, -0.25) is 0 Å². The first-order valence-corrected chi connectivity index (χ1v) is 7.45. The van der Waals surface area contributed by atoms with Gasteiger partial charge in [-0.25, -0.2) is 0 Å². The van der Waals surface area contributed by atoms with Gasteiger partial charge in [0.2, 0.25) is 0 Å². The van der Waals surface area contributed by atoms with Crippen LogP contribution in [0.3, 0.4) is 0 Å². The molecule has 2 nitrogen and oxygen atoms in total. The van der Waals surface area contributed by atoms with E-state index in [0.29, 0.717) is 5.41 Å². The zero-order valence-electron chi connectivity index (χ0n) is 12.1. The van der Waals surface area contributed by atoms with Crippen LogP contribution >= 0.6 is 0 Å². The molecule has 17 heavy (non-hydrogen) atoms. The maximum absolute atomic E-state index is 3.58. The molecule has 0 radical (unpaired) electrons. The van der Waals surface area contributed by atoms with Crippen molar-refractivity contribution in [3.8, 4) is 0 Å². The van der Waals surface area contributed by atoms with E-state index in [-0.39, 0.29) is 0 Å². The quantitative estimate of drug-likeness (QED) is 0.813. The lowest BCUT2D eigenvalue weighted by Gasteiger charge is -2.35. The lowest BCUT2D eigenvalue weighted by molar-refractivity contribution is 0.135.